The standard InChI is InChI=1S/C16H24F3NS/c1-2-20-15(9-8-14-7-4-10-21-14)12-5-3-6-13(11-12)16(17,18)19/h4,7,10,12-13,15,20H,2-3,5-6,8-9,11H2,1H3. The van der Waals surface area contributed by atoms with Crippen molar-refractivity contribution >= 4 is 11.3 Å². The summed E-state index contributed by atoms with van der Waals surface area (Å²) in [5, 5.41) is 5.48. The third-order valence-electron chi connectivity index (χ3n) is 4.49. The predicted molar refractivity (Wildman–Crippen MR) is 81.6 cm³/mol. The van der Waals surface area contributed by atoms with Gasteiger partial charge in [-0.25, -0.2) is 0 Å². The summed E-state index contributed by atoms with van der Waals surface area (Å²) < 4.78 is 38.9. The minimum absolute atomic E-state index is 0.158. The molecule has 0 saturated heterocycles. The van der Waals surface area contributed by atoms with E-state index in [2.05, 4.69) is 16.8 Å². The molecule has 3 atom stereocenters. The highest BCUT2D eigenvalue weighted by Gasteiger charge is 2.43. The Labute approximate surface area is 128 Å². The molecule has 0 bridgehead atoms. The highest BCUT2D eigenvalue weighted by Crippen LogP contribution is 2.41. The van der Waals surface area contributed by atoms with E-state index in [0.717, 1.165) is 25.8 Å². The van der Waals surface area contributed by atoms with Crippen LogP contribution < -0.4 is 5.32 Å². The van der Waals surface area contributed by atoms with Crippen molar-refractivity contribution in [3.8, 4) is 0 Å². The minimum Gasteiger partial charge on any atom is -0.314 e. The Morgan fingerprint density at radius 2 is 2.19 bits per heavy atom. The lowest BCUT2D eigenvalue weighted by Crippen LogP contribution is -2.41. The van der Waals surface area contributed by atoms with Crippen LogP contribution in [0.1, 0.15) is 43.9 Å². The van der Waals surface area contributed by atoms with Gasteiger partial charge in [0.15, 0.2) is 0 Å². The summed E-state index contributed by atoms with van der Waals surface area (Å²) >= 11 is 1.73. The molecular formula is C16H24F3NS. The van der Waals surface area contributed by atoms with Crippen LogP contribution in [0.15, 0.2) is 17.5 Å². The predicted octanol–water partition coefficient (Wildman–Crippen LogP) is 5.03. The van der Waals surface area contributed by atoms with Gasteiger partial charge in [-0.15, -0.1) is 11.3 Å². The average molecular weight is 319 g/mol. The smallest absolute Gasteiger partial charge is 0.314 e. The zero-order chi connectivity index (χ0) is 15.3. The Balaban J connectivity index is 1.93. The molecule has 5 heteroatoms. The number of rotatable bonds is 6. The molecule has 1 aliphatic rings. The second kappa shape index (κ2) is 7.63. The molecule has 0 aliphatic heterocycles. The number of hydrogen-bond donors (Lipinski definition) is 1. The highest BCUT2D eigenvalue weighted by atomic mass is 32.1. The lowest BCUT2D eigenvalue weighted by molar-refractivity contribution is -0.186. The average Bonchev–Trinajstić information content (AvgIpc) is 2.96. The van der Waals surface area contributed by atoms with Gasteiger partial charge in [-0.05, 0) is 56.0 Å². The van der Waals surface area contributed by atoms with Gasteiger partial charge in [0.05, 0.1) is 5.92 Å². The third-order valence-corrected chi connectivity index (χ3v) is 5.43. The normalized spacial score (nSPS) is 25.0. The monoisotopic (exact) mass is 319 g/mol. The van der Waals surface area contributed by atoms with Crippen molar-refractivity contribution in [1.29, 1.82) is 0 Å². The van der Waals surface area contributed by atoms with Crippen molar-refractivity contribution in [3.05, 3.63) is 22.4 Å². The highest BCUT2D eigenvalue weighted by molar-refractivity contribution is 7.09. The number of alkyl halides is 3. The largest absolute Gasteiger partial charge is 0.391 e. The van der Waals surface area contributed by atoms with E-state index < -0.39 is 12.1 Å². The molecule has 0 spiro atoms. The summed E-state index contributed by atoms with van der Waals surface area (Å²) in [5.74, 6) is -0.940. The van der Waals surface area contributed by atoms with E-state index >= 15 is 0 Å². The van der Waals surface area contributed by atoms with Gasteiger partial charge in [-0.3, -0.25) is 0 Å². The fraction of sp³-hybridized carbons (Fsp3) is 0.750. The van der Waals surface area contributed by atoms with Gasteiger partial charge in [0.1, 0.15) is 0 Å². The zero-order valence-electron chi connectivity index (χ0n) is 12.5. The van der Waals surface area contributed by atoms with E-state index in [-0.39, 0.29) is 12.0 Å². The van der Waals surface area contributed by atoms with Gasteiger partial charge in [-0.1, -0.05) is 19.4 Å². The summed E-state index contributed by atoms with van der Waals surface area (Å²) in [6.07, 6.45) is 0.106. The van der Waals surface area contributed by atoms with E-state index in [9.17, 15) is 13.2 Å². The van der Waals surface area contributed by atoms with Gasteiger partial charge in [0, 0.05) is 10.9 Å². The van der Waals surface area contributed by atoms with E-state index in [0.29, 0.717) is 19.3 Å². The van der Waals surface area contributed by atoms with E-state index in [1.165, 1.54) is 4.88 Å². The molecule has 120 valence electrons. The van der Waals surface area contributed by atoms with Crippen molar-refractivity contribution in [2.45, 2.75) is 57.7 Å². The molecule has 1 aliphatic carbocycles. The van der Waals surface area contributed by atoms with Crippen molar-refractivity contribution in [1.82, 2.24) is 5.32 Å². The molecule has 1 aromatic heterocycles. The molecule has 0 radical (unpaired) electrons. The first-order valence-electron chi connectivity index (χ1n) is 7.83. The first-order valence-corrected chi connectivity index (χ1v) is 8.71. The molecule has 1 fully saturated rings. The van der Waals surface area contributed by atoms with Crippen molar-refractivity contribution in [2.75, 3.05) is 6.54 Å². The van der Waals surface area contributed by atoms with Crippen LogP contribution in [0.25, 0.3) is 0 Å². The Bertz CT molecular complexity index is 402. The maximum absolute atomic E-state index is 13.0. The maximum atomic E-state index is 13.0. The number of nitrogens with one attached hydrogen (secondary N) is 1. The zero-order valence-corrected chi connectivity index (χ0v) is 13.3. The van der Waals surface area contributed by atoms with Crippen LogP contribution in [0.5, 0.6) is 0 Å². The third kappa shape index (κ3) is 4.99. The molecule has 21 heavy (non-hydrogen) atoms. The number of halogens is 3. The Morgan fingerprint density at radius 1 is 1.38 bits per heavy atom. The van der Waals surface area contributed by atoms with Crippen LogP contribution in [0.2, 0.25) is 0 Å². The fourth-order valence-electron chi connectivity index (χ4n) is 3.41. The lowest BCUT2D eigenvalue weighted by atomic mass is 9.76. The van der Waals surface area contributed by atoms with Crippen LogP contribution in [0, 0.1) is 11.8 Å². The first kappa shape index (κ1) is 16.8. The number of thiophene rings is 1. The molecule has 1 heterocycles. The van der Waals surface area contributed by atoms with Gasteiger partial charge in [-0.2, -0.15) is 13.2 Å². The Hall–Kier alpha value is -0.550. The number of hydrogen-bond acceptors (Lipinski definition) is 2. The van der Waals surface area contributed by atoms with E-state index in [1.54, 1.807) is 11.3 Å². The molecule has 1 saturated carbocycles. The molecule has 1 N–H and O–H groups in total. The van der Waals surface area contributed by atoms with E-state index in [1.807, 2.05) is 13.0 Å². The molecule has 0 amide bonds. The molecule has 0 aromatic carbocycles. The molecule has 3 unspecified atom stereocenters. The first-order chi connectivity index (χ1) is 10.0. The summed E-state index contributed by atoms with van der Waals surface area (Å²) in [7, 11) is 0. The van der Waals surface area contributed by atoms with Gasteiger partial charge in [0.2, 0.25) is 0 Å². The van der Waals surface area contributed by atoms with Crippen molar-refractivity contribution < 1.29 is 13.2 Å². The van der Waals surface area contributed by atoms with Gasteiger partial charge >= 0.3 is 6.18 Å². The lowest BCUT2D eigenvalue weighted by Gasteiger charge is -2.35. The molecule has 1 nitrogen and oxygen atoms in total. The Kier molecular flexibility index (Phi) is 6.11. The van der Waals surface area contributed by atoms with Crippen LogP contribution in [0.4, 0.5) is 13.2 Å². The molecular weight excluding hydrogens is 295 g/mol. The second-order valence-corrected chi connectivity index (χ2v) is 6.98. The summed E-state index contributed by atoms with van der Waals surface area (Å²) in [4.78, 5) is 1.32. The SMILES string of the molecule is CCNC(CCc1cccs1)C1CCCC(C(F)(F)F)C1. The van der Waals surface area contributed by atoms with E-state index in [4.69, 9.17) is 0 Å². The quantitative estimate of drug-likeness (QED) is 0.775. The minimum atomic E-state index is -4.02. The fourth-order valence-corrected chi connectivity index (χ4v) is 4.13. The van der Waals surface area contributed by atoms with Crippen LogP contribution in [0.3, 0.4) is 0 Å². The van der Waals surface area contributed by atoms with Gasteiger partial charge < -0.3 is 5.32 Å². The summed E-state index contributed by atoms with van der Waals surface area (Å²) in [6.45, 7) is 2.85. The van der Waals surface area contributed by atoms with Crippen molar-refractivity contribution in [2.24, 2.45) is 11.8 Å². The van der Waals surface area contributed by atoms with Crippen molar-refractivity contribution in [3.63, 3.8) is 0 Å². The second-order valence-electron chi connectivity index (χ2n) is 5.95. The molecule has 1 aromatic rings. The topological polar surface area (TPSA) is 12.0 Å². The Morgan fingerprint density at radius 3 is 2.81 bits per heavy atom. The van der Waals surface area contributed by atoms with Gasteiger partial charge in [0.25, 0.3) is 0 Å². The molecule has 2 rings (SSSR count). The maximum Gasteiger partial charge on any atom is 0.391 e. The summed E-state index contributed by atoms with van der Waals surface area (Å²) in [5.41, 5.74) is 0. The van der Waals surface area contributed by atoms with Crippen LogP contribution >= 0.6 is 11.3 Å². The van der Waals surface area contributed by atoms with Crippen LogP contribution in [-0.4, -0.2) is 18.8 Å². The number of aryl methyl sites for hydroxylation is 1. The van der Waals surface area contributed by atoms with Crippen LogP contribution in [-0.2, 0) is 6.42 Å². The summed E-state index contributed by atoms with van der Waals surface area (Å²) in [6, 6.07) is 4.34.